The van der Waals surface area contributed by atoms with Crippen LogP contribution in [0.15, 0.2) is 12.1 Å². The fraction of sp³-hybridized carbons (Fsp3) is 0.600. The van der Waals surface area contributed by atoms with Gasteiger partial charge in [0.2, 0.25) is 0 Å². The van der Waals surface area contributed by atoms with Gasteiger partial charge in [0.25, 0.3) is 0 Å². The van der Waals surface area contributed by atoms with Gasteiger partial charge in [-0.25, -0.2) is 4.39 Å². The molecule has 0 aliphatic heterocycles. The molecule has 112 valence electrons. The van der Waals surface area contributed by atoms with Crippen LogP contribution < -0.4 is 15.8 Å². The molecule has 0 spiro atoms. The summed E-state index contributed by atoms with van der Waals surface area (Å²) in [6.07, 6.45) is 3.51. The molecule has 0 heterocycles. The van der Waals surface area contributed by atoms with E-state index in [0.29, 0.717) is 18.3 Å². The molecule has 1 fully saturated rings. The lowest BCUT2D eigenvalue weighted by Gasteiger charge is -2.17. The molecule has 3 nitrogen and oxygen atoms in total. The quantitative estimate of drug-likeness (QED) is 0.782. The minimum absolute atomic E-state index is 0.265. The zero-order chi connectivity index (χ0) is 14.5. The Labute approximate surface area is 124 Å². The van der Waals surface area contributed by atoms with Gasteiger partial charge in [0.1, 0.15) is 0 Å². The fourth-order valence-electron chi connectivity index (χ4n) is 2.64. The maximum atomic E-state index is 13.7. The molecule has 0 aromatic heterocycles. The number of rotatable bonds is 6. The van der Waals surface area contributed by atoms with Crippen LogP contribution in [0.5, 0.6) is 5.75 Å². The molecule has 20 heavy (non-hydrogen) atoms. The molecular formula is C15H23FN2OS. The van der Waals surface area contributed by atoms with Gasteiger partial charge in [-0.15, -0.1) is 0 Å². The molecule has 3 N–H and O–H groups in total. The highest BCUT2D eigenvalue weighted by molar-refractivity contribution is 7.99. The van der Waals surface area contributed by atoms with E-state index in [-0.39, 0.29) is 5.75 Å². The van der Waals surface area contributed by atoms with Crippen molar-refractivity contribution in [2.24, 2.45) is 0 Å². The predicted octanol–water partition coefficient (Wildman–Crippen LogP) is 3.89. The van der Waals surface area contributed by atoms with E-state index in [1.165, 1.54) is 12.5 Å². The maximum absolute atomic E-state index is 13.7. The van der Waals surface area contributed by atoms with Gasteiger partial charge in [-0.2, -0.15) is 11.8 Å². The Hall–Kier alpha value is -1.10. The first-order valence-corrected chi connectivity index (χ1v) is 8.28. The van der Waals surface area contributed by atoms with Crippen LogP contribution in [0.4, 0.5) is 15.8 Å². The predicted molar refractivity (Wildman–Crippen MR) is 85.2 cm³/mol. The number of halogens is 1. The van der Waals surface area contributed by atoms with Crippen LogP contribution in [0.25, 0.3) is 0 Å². The minimum atomic E-state index is -0.402. The third-order valence-electron chi connectivity index (χ3n) is 3.55. The van der Waals surface area contributed by atoms with Gasteiger partial charge in [0.15, 0.2) is 11.6 Å². The second kappa shape index (κ2) is 7.07. The summed E-state index contributed by atoms with van der Waals surface area (Å²) in [5.74, 6) is 1.02. The Kier molecular flexibility index (Phi) is 5.40. The van der Waals surface area contributed by atoms with Crippen molar-refractivity contribution in [3.63, 3.8) is 0 Å². The monoisotopic (exact) mass is 298 g/mol. The molecule has 0 saturated heterocycles. The highest BCUT2D eigenvalue weighted by Crippen LogP contribution is 2.34. The Morgan fingerprint density at radius 3 is 2.90 bits per heavy atom. The topological polar surface area (TPSA) is 47.3 Å². The van der Waals surface area contributed by atoms with Crippen molar-refractivity contribution in [1.82, 2.24) is 0 Å². The highest BCUT2D eigenvalue weighted by atomic mass is 32.2. The molecule has 2 atom stereocenters. The summed E-state index contributed by atoms with van der Waals surface area (Å²) in [5, 5.41) is 4.17. The summed E-state index contributed by atoms with van der Waals surface area (Å²) in [6, 6.07) is 3.43. The van der Waals surface area contributed by atoms with Crippen molar-refractivity contribution in [2.75, 3.05) is 23.4 Å². The molecule has 2 rings (SSSR count). The molecule has 0 radical (unpaired) electrons. The van der Waals surface area contributed by atoms with Crippen LogP contribution >= 0.6 is 11.8 Å². The van der Waals surface area contributed by atoms with Gasteiger partial charge in [0, 0.05) is 23.4 Å². The van der Waals surface area contributed by atoms with E-state index < -0.39 is 5.82 Å². The van der Waals surface area contributed by atoms with Crippen molar-refractivity contribution in [2.45, 2.75) is 44.4 Å². The summed E-state index contributed by atoms with van der Waals surface area (Å²) < 4.78 is 18.9. The first-order valence-electron chi connectivity index (χ1n) is 7.24. The number of benzene rings is 1. The van der Waals surface area contributed by atoms with E-state index >= 15 is 0 Å². The maximum Gasteiger partial charge on any atom is 0.167 e. The molecule has 0 amide bonds. The zero-order valence-electron chi connectivity index (χ0n) is 12.1. The van der Waals surface area contributed by atoms with Gasteiger partial charge < -0.3 is 15.8 Å². The summed E-state index contributed by atoms with van der Waals surface area (Å²) in [7, 11) is 0. The lowest BCUT2D eigenvalue weighted by atomic mass is 10.2. The molecule has 2 unspecified atom stereocenters. The highest BCUT2D eigenvalue weighted by Gasteiger charge is 2.25. The van der Waals surface area contributed by atoms with Gasteiger partial charge in [-0.3, -0.25) is 0 Å². The number of anilines is 2. The van der Waals surface area contributed by atoms with Crippen molar-refractivity contribution in [1.29, 1.82) is 0 Å². The second-order valence-electron chi connectivity index (χ2n) is 5.03. The molecule has 1 saturated carbocycles. The molecule has 0 bridgehead atoms. The zero-order valence-corrected chi connectivity index (χ0v) is 12.9. The Bertz CT molecular complexity index is 456. The first-order chi connectivity index (χ1) is 9.63. The third-order valence-corrected chi connectivity index (χ3v) is 4.78. The lowest BCUT2D eigenvalue weighted by molar-refractivity contribution is 0.322. The van der Waals surface area contributed by atoms with Gasteiger partial charge in [0.05, 0.1) is 18.0 Å². The average molecular weight is 298 g/mol. The summed E-state index contributed by atoms with van der Waals surface area (Å²) in [5.41, 5.74) is 7.12. The van der Waals surface area contributed by atoms with Gasteiger partial charge in [-0.05, 0) is 31.9 Å². The molecular weight excluding hydrogens is 275 g/mol. The average Bonchev–Trinajstić information content (AvgIpc) is 2.83. The lowest BCUT2D eigenvalue weighted by Crippen LogP contribution is -2.17. The number of hydrogen-bond acceptors (Lipinski definition) is 4. The summed E-state index contributed by atoms with van der Waals surface area (Å²) in [4.78, 5) is 0. The molecule has 1 aromatic carbocycles. The molecule has 5 heteroatoms. The van der Waals surface area contributed by atoms with Crippen molar-refractivity contribution in [3.8, 4) is 5.75 Å². The Morgan fingerprint density at radius 1 is 1.40 bits per heavy atom. The number of nitrogens with two attached hydrogens (primary N) is 1. The Balaban J connectivity index is 2.04. The normalized spacial score (nSPS) is 21.9. The SMILES string of the molecule is CCOc1cc(NC2CCC(SCC)C2)c(N)cc1F. The largest absolute Gasteiger partial charge is 0.491 e. The van der Waals surface area contributed by atoms with Crippen LogP contribution in [0.3, 0.4) is 0 Å². The van der Waals surface area contributed by atoms with E-state index in [1.807, 2.05) is 18.7 Å². The van der Waals surface area contributed by atoms with E-state index in [9.17, 15) is 4.39 Å². The van der Waals surface area contributed by atoms with E-state index in [0.717, 1.165) is 29.5 Å². The van der Waals surface area contributed by atoms with Crippen molar-refractivity contribution < 1.29 is 9.13 Å². The van der Waals surface area contributed by atoms with Crippen LogP contribution in [-0.2, 0) is 0 Å². The fourth-order valence-corrected chi connectivity index (χ4v) is 3.78. The van der Waals surface area contributed by atoms with Crippen LogP contribution in [-0.4, -0.2) is 23.7 Å². The standard InChI is InChI=1S/C15H23FN2OS/c1-3-19-15-9-14(13(17)8-12(15)16)18-10-5-6-11(7-10)20-4-2/h8-11,18H,3-7,17H2,1-2H3. The van der Waals surface area contributed by atoms with E-state index in [2.05, 4.69) is 12.2 Å². The van der Waals surface area contributed by atoms with Crippen molar-refractivity contribution >= 4 is 23.1 Å². The number of hydrogen-bond donors (Lipinski definition) is 2. The van der Waals surface area contributed by atoms with Gasteiger partial charge >= 0.3 is 0 Å². The van der Waals surface area contributed by atoms with Crippen LogP contribution in [0.2, 0.25) is 0 Å². The van der Waals surface area contributed by atoms with E-state index in [1.54, 1.807) is 6.07 Å². The minimum Gasteiger partial charge on any atom is -0.491 e. The molecule has 1 aliphatic carbocycles. The number of thioether (sulfide) groups is 1. The molecule has 1 aliphatic rings. The van der Waals surface area contributed by atoms with Crippen molar-refractivity contribution in [3.05, 3.63) is 17.9 Å². The summed E-state index contributed by atoms with van der Waals surface area (Å²) in [6.45, 7) is 4.48. The van der Waals surface area contributed by atoms with Crippen LogP contribution in [0, 0.1) is 5.82 Å². The second-order valence-corrected chi connectivity index (χ2v) is 6.61. The first kappa shape index (κ1) is 15.3. The molecule has 1 aromatic rings. The van der Waals surface area contributed by atoms with Gasteiger partial charge in [-0.1, -0.05) is 6.92 Å². The number of ether oxygens (including phenoxy) is 1. The Morgan fingerprint density at radius 2 is 2.20 bits per heavy atom. The van der Waals surface area contributed by atoms with Crippen LogP contribution in [0.1, 0.15) is 33.1 Å². The summed E-state index contributed by atoms with van der Waals surface area (Å²) >= 11 is 2.02. The smallest absolute Gasteiger partial charge is 0.167 e. The third kappa shape index (κ3) is 3.72. The number of nitrogen functional groups attached to an aromatic ring is 1. The number of nitrogens with one attached hydrogen (secondary N) is 1. The van der Waals surface area contributed by atoms with E-state index in [4.69, 9.17) is 10.5 Å².